The number of nitrogens with zero attached hydrogens (tertiary/aromatic N) is 1. The fourth-order valence-corrected chi connectivity index (χ4v) is 2.06. The lowest BCUT2D eigenvalue weighted by atomic mass is 10.2. The van der Waals surface area contributed by atoms with Crippen LogP contribution in [0.2, 0.25) is 0 Å². The first-order valence-corrected chi connectivity index (χ1v) is 7.80. The Morgan fingerprint density at radius 3 is 2.58 bits per heavy atom. The summed E-state index contributed by atoms with van der Waals surface area (Å²) in [6.07, 6.45) is -0.749. The van der Waals surface area contributed by atoms with Crippen LogP contribution in [0.4, 0.5) is 26.5 Å². The van der Waals surface area contributed by atoms with Crippen LogP contribution in [-0.2, 0) is 16.1 Å². The molecule has 0 atom stereocenters. The maximum absolute atomic E-state index is 12.9. The number of carbonyl (C=O) groups excluding carboxylic acids is 2. The smallest absolute Gasteiger partial charge is 0.411 e. The molecule has 0 unspecified atom stereocenters. The summed E-state index contributed by atoms with van der Waals surface area (Å²) >= 11 is 0. The summed E-state index contributed by atoms with van der Waals surface area (Å²) in [7, 11) is 0. The number of pyridine rings is 1. The Kier molecular flexibility index (Phi) is 6.31. The minimum absolute atomic E-state index is 0.0275. The summed E-state index contributed by atoms with van der Waals surface area (Å²) in [6, 6.07) is 7.35. The van der Waals surface area contributed by atoms with Crippen LogP contribution in [0.3, 0.4) is 0 Å². The van der Waals surface area contributed by atoms with Crippen molar-refractivity contribution in [3.63, 3.8) is 0 Å². The lowest BCUT2D eigenvalue weighted by Gasteiger charge is -2.15. The number of hydrogen-bond donors (Lipinski definition) is 3. The molecule has 0 fully saturated rings. The van der Waals surface area contributed by atoms with Crippen LogP contribution >= 0.6 is 0 Å². The number of amides is 1. The second kappa shape index (κ2) is 8.65. The predicted octanol–water partition coefficient (Wildman–Crippen LogP) is 2.91. The molecule has 1 amide bonds. The Bertz CT molecular complexity index is 796. The Hall–Kier alpha value is -3.36. The van der Waals surface area contributed by atoms with Gasteiger partial charge in [-0.1, -0.05) is 12.1 Å². The van der Waals surface area contributed by atoms with E-state index >= 15 is 0 Å². The summed E-state index contributed by atoms with van der Waals surface area (Å²) in [5, 5.41) is 5.39. The molecule has 2 rings (SSSR count). The molecule has 138 valence electrons. The standard InChI is InChI=1S/C17H19FN4O4/c1-3-25-17(24)22-15-13(26-10(2)23)8-14(21-16(15)19)20-9-11-4-6-12(18)7-5-11/h4-8H,3,9H2,1-2H3,(H,22,24)(H3,19,20,21). The maximum atomic E-state index is 12.9. The van der Waals surface area contributed by atoms with Crippen molar-refractivity contribution in [2.45, 2.75) is 20.4 Å². The molecule has 26 heavy (non-hydrogen) atoms. The van der Waals surface area contributed by atoms with E-state index in [-0.39, 0.29) is 29.7 Å². The Balaban J connectivity index is 2.21. The van der Waals surface area contributed by atoms with Gasteiger partial charge in [-0.15, -0.1) is 0 Å². The fourth-order valence-electron chi connectivity index (χ4n) is 2.06. The molecule has 0 radical (unpaired) electrons. The van der Waals surface area contributed by atoms with Crippen molar-refractivity contribution in [3.05, 3.63) is 41.7 Å². The second-order valence-electron chi connectivity index (χ2n) is 5.19. The average Bonchev–Trinajstić information content (AvgIpc) is 2.57. The molecule has 0 saturated heterocycles. The minimum Gasteiger partial charge on any atom is -0.450 e. The molecule has 0 aliphatic rings. The molecule has 1 aromatic carbocycles. The molecule has 4 N–H and O–H groups in total. The van der Waals surface area contributed by atoms with Crippen LogP contribution < -0.4 is 21.1 Å². The van der Waals surface area contributed by atoms with Crippen LogP contribution in [-0.4, -0.2) is 23.7 Å². The van der Waals surface area contributed by atoms with Crippen molar-refractivity contribution < 1.29 is 23.5 Å². The quantitative estimate of drug-likeness (QED) is 0.677. The van der Waals surface area contributed by atoms with Crippen LogP contribution in [0.15, 0.2) is 30.3 Å². The van der Waals surface area contributed by atoms with Gasteiger partial charge in [-0.05, 0) is 24.6 Å². The van der Waals surface area contributed by atoms with Crippen molar-refractivity contribution in [1.82, 2.24) is 4.98 Å². The number of carbonyl (C=O) groups is 2. The zero-order valence-electron chi connectivity index (χ0n) is 14.3. The van der Waals surface area contributed by atoms with Crippen LogP contribution in [0.5, 0.6) is 5.75 Å². The highest BCUT2D eigenvalue weighted by Gasteiger charge is 2.17. The van der Waals surface area contributed by atoms with Gasteiger partial charge < -0.3 is 20.5 Å². The number of nitrogen functional groups attached to an aromatic ring is 1. The topological polar surface area (TPSA) is 116 Å². The van der Waals surface area contributed by atoms with E-state index in [1.807, 2.05) is 0 Å². The van der Waals surface area contributed by atoms with Crippen molar-refractivity contribution in [3.8, 4) is 5.75 Å². The second-order valence-corrected chi connectivity index (χ2v) is 5.19. The average molecular weight is 362 g/mol. The first-order chi connectivity index (χ1) is 12.4. The molecule has 1 heterocycles. The van der Waals surface area contributed by atoms with E-state index in [1.165, 1.54) is 25.1 Å². The number of anilines is 3. The zero-order chi connectivity index (χ0) is 19.1. The number of nitrogens with one attached hydrogen (secondary N) is 2. The van der Waals surface area contributed by atoms with E-state index in [1.54, 1.807) is 19.1 Å². The summed E-state index contributed by atoms with van der Waals surface area (Å²) in [4.78, 5) is 27.1. The Morgan fingerprint density at radius 2 is 1.96 bits per heavy atom. The molecule has 0 aliphatic carbocycles. The molecule has 0 bridgehead atoms. The maximum Gasteiger partial charge on any atom is 0.411 e. The molecule has 8 nitrogen and oxygen atoms in total. The van der Waals surface area contributed by atoms with E-state index in [0.29, 0.717) is 12.4 Å². The number of nitrogens with two attached hydrogens (primary N) is 1. The van der Waals surface area contributed by atoms with E-state index in [0.717, 1.165) is 5.56 Å². The number of ether oxygens (including phenoxy) is 2. The third-order valence-electron chi connectivity index (χ3n) is 3.15. The molecular weight excluding hydrogens is 343 g/mol. The molecular formula is C17H19FN4O4. The third-order valence-corrected chi connectivity index (χ3v) is 3.15. The SMILES string of the molecule is CCOC(=O)Nc1c(OC(C)=O)cc(NCc2ccc(F)cc2)nc1N. The van der Waals surface area contributed by atoms with Gasteiger partial charge in [0.1, 0.15) is 17.3 Å². The number of benzene rings is 1. The van der Waals surface area contributed by atoms with Gasteiger partial charge in [0.2, 0.25) is 0 Å². The first-order valence-electron chi connectivity index (χ1n) is 7.80. The van der Waals surface area contributed by atoms with E-state index in [4.69, 9.17) is 15.2 Å². The Morgan fingerprint density at radius 1 is 1.27 bits per heavy atom. The summed E-state index contributed by atoms with van der Waals surface area (Å²) in [5.74, 6) is -0.634. The number of aromatic nitrogens is 1. The van der Waals surface area contributed by atoms with E-state index in [9.17, 15) is 14.0 Å². The van der Waals surface area contributed by atoms with Crippen molar-refractivity contribution in [1.29, 1.82) is 0 Å². The van der Waals surface area contributed by atoms with Crippen LogP contribution in [0.25, 0.3) is 0 Å². The van der Waals surface area contributed by atoms with Crippen LogP contribution in [0.1, 0.15) is 19.4 Å². The summed E-state index contributed by atoms with van der Waals surface area (Å²) < 4.78 is 22.8. The molecule has 2 aromatic rings. The summed E-state index contributed by atoms with van der Waals surface area (Å²) in [6.45, 7) is 3.38. The normalized spacial score (nSPS) is 10.1. The predicted molar refractivity (Wildman–Crippen MR) is 94.3 cm³/mol. The zero-order valence-corrected chi connectivity index (χ0v) is 14.3. The molecule has 0 aliphatic heterocycles. The highest BCUT2D eigenvalue weighted by atomic mass is 19.1. The highest BCUT2D eigenvalue weighted by molar-refractivity contribution is 5.92. The number of rotatable bonds is 6. The van der Waals surface area contributed by atoms with Crippen LogP contribution in [0, 0.1) is 5.82 Å². The monoisotopic (exact) mass is 362 g/mol. The first kappa shape index (κ1) is 19.0. The molecule has 1 aromatic heterocycles. The number of halogens is 1. The van der Waals surface area contributed by atoms with E-state index < -0.39 is 12.1 Å². The van der Waals surface area contributed by atoms with Crippen molar-refractivity contribution in [2.24, 2.45) is 0 Å². The third kappa shape index (κ3) is 5.33. The number of esters is 1. The van der Waals surface area contributed by atoms with Crippen molar-refractivity contribution in [2.75, 3.05) is 23.0 Å². The van der Waals surface area contributed by atoms with Gasteiger partial charge in [0, 0.05) is 19.5 Å². The van der Waals surface area contributed by atoms with E-state index in [2.05, 4.69) is 15.6 Å². The van der Waals surface area contributed by atoms with Gasteiger partial charge in [0.05, 0.1) is 6.61 Å². The molecule has 0 saturated carbocycles. The minimum atomic E-state index is -0.749. The van der Waals surface area contributed by atoms with Gasteiger partial charge in [0.15, 0.2) is 11.6 Å². The van der Waals surface area contributed by atoms with Gasteiger partial charge in [-0.25, -0.2) is 14.2 Å². The molecule has 9 heteroatoms. The Labute approximate surface area is 149 Å². The van der Waals surface area contributed by atoms with Gasteiger partial charge in [0.25, 0.3) is 0 Å². The van der Waals surface area contributed by atoms with Crippen molar-refractivity contribution >= 4 is 29.4 Å². The largest absolute Gasteiger partial charge is 0.450 e. The molecule has 0 spiro atoms. The number of hydrogen-bond acceptors (Lipinski definition) is 7. The van der Waals surface area contributed by atoms with Gasteiger partial charge in [-0.2, -0.15) is 0 Å². The van der Waals surface area contributed by atoms with Gasteiger partial charge in [-0.3, -0.25) is 10.1 Å². The van der Waals surface area contributed by atoms with Gasteiger partial charge >= 0.3 is 12.1 Å². The lowest BCUT2D eigenvalue weighted by Crippen LogP contribution is -2.17. The summed E-state index contributed by atoms with van der Waals surface area (Å²) in [5.41, 5.74) is 6.72. The fraction of sp³-hybridized carbons (Fsp3) is 0.235. The highest BCUT2D eigenvalue weighted by Crippen LogP contribution is 2.32. The lowest BCUT2D eigenvalue weighted by molar-refractivity contribution is -0.131.